The zero-order valence-corrected chi connectivity index (χ0v) is 9.07. The Morgan fingerprint density at radius 1 is 1.25 bits per heavy atom. The van der Waals surface area contributed by atoms with Gasteiger partial charge in [0.25, 0.3) is 0 Å². The molecule has 0 radical (unpaired) electrons. The summed E-state index contributed by atoms with van der Waals surface area (Å²) in [6, 6.07) is 9.56. The van der Waals surface area contributed by atoms with Crippen LogP contribution < -0.4 is 5.32 Å². The minimum absolute atomic E-state index is 0.157. The Hall–Kier alpha value is -1.94. The molecule has 0 fully saturated rings. The number of halogens is 1. The number of hydrogen-bond donors (Lipinski definition) is 2. The van der Waals surface area contributed by atoms with Crippen molar-refractivity contribution in [2.45, 2.75) is 0 Å². The normalized spacial score (nSPS) is 9.81. The molecule has 1 heterocycles. The number of rotatable bonds is 3. The molecule has 4 nitrogen and oxygen atoms in total. The fourth-order valence-electron chi connectivity index (χ4n) is 1.23. The minimum atomic E-state index is 0.157. The van der Waals surface area contributed by atoms with Crippen LogP contribution in [-0.2, 0) is 0 Å². The smallest absolute Gasteiger partial charge is 0.224 e. The second-order valence-electron chi connectivity index (χ2n) is 3.08. The van der Waals surface area contributed by atoms with Crippen LogP contribution in [0.3, 0.4) is 0 Å². The molecule has 80 valence electrons. The number of para-hydroxylation sites is 1. The van der Waals surface area contributed by atoms with Crippen molar-refractivity contribution in [1.82, 2.24) is 9.97 Å². The Kier molecular flexibility index (Phi) is 3.12. The van der Waals surface area contributed by atoms with E-state index in [9.17, 15) is 0 Å². The first kappa shape index (κ1) is 10.6. The van der Waals surface area contributed by atoms with Crippen LogP contribution >= 0.6 is 11.6 Å². The Morgan fingerprint density at radius 2 is 2.00 bits per heavy atom. The summed E-state index contributed by atoms with van der Waals surface area (Å²) >= 11 is 5.70. The molecule has 0 aliphatic carbocycles. The van der Waals surface area contributed by atoms with Gasteiger partial charge in [0.05, 0.1) is 5.56 Å². The molecule has 5 heteroatoms. The summed E-state index contributed by atoms with van der Waals surface area (Å²) in [5.41, 5.74) is 1.48. The summed E-state index contributed by atoms with van der Waals surface area (Å²) in [6.45, 7) is 0. The van der Waals surface area contributed by atoms with Crippen LogP contribution in [0.2, 0.25) is 5.28 Å². The summed E-state index contributed by atoms with van der Waals surface area (Å²) in [7, 11) is 0. The zero-order valence-electron chi connectivity index (χ0n) is 8.31. The Balaban J connectivity index is 2.33. The van der Waals surface area contributed by atoms with Crippen LogP contribution in [0.25, 0.3) is 0 Å². The van der Waals surface area contributed by atoms with E-state index in [0.717, 1.165) is 5.69 Å². The number of benzene rings is 1. The average molecular weight is 233 g/mol. The highest BCUT2D eigenvalue weighted by Gasteiger charge is 2.04. The lowest BCUT2D eigenvalue weighted by Crippen LogP contribution is -1.99. The zero-order chi connectivity index (χ0) is 11.4. The van der Waals surface area contributed by atoms with Crippen LogP contribution in [0.1, 0.15) is 5.56 Å². The van der Waals surface area contributed by atoms with E-state index in [1.54, 1.807) is 0 Å². The van der Waals surface area contributed by atoms with Crippen LogP contribution in [-0.4, -0.2) is 16.2 Å². The van der Waals surface area contributed by atoms with Gasteiger partial charge >= 0.3 is 0 Å². The predicted octanol–water partition coefficient (Wildman–Crippen LogP) is 2.87. The Labute approximate surface area is 97.8 Å². The first-order chi connectivity index (χ1) is 7.79. The second-order valence-corrected chi connectivity index (χ2v) is 3.42. The average Bonchev–Trinajstić information content (AvgIpc) is 2.31. The molecule has 0 amide bonds. The Morgan fingerprint density at radius 3 is 2.69 bits per heavy atom. The molecule has 1 aromatic heterocycles. The summed E-state index contributed by atoms with van der Waals surface area (Å²) in [6.07, 6.45) is 2.69. The van der Waals surface area contributed by atoms with E-state index in [1.807, 2.05) is 30.3 Å². The van der Waals surface area contributed by atoms with Gasteiger partial charge in [0.15, 0.2) is 0 Å². The van der Waals surface area contributed by atoms with Gasteiger partial charge in [-0.25, -0.2) is 4.98 Å². The topological polar surface area (TPSA) is 61.7 Å². The SMILES string of the molecule is N=Cc1cnc(Cl)nc1Nc1ccccc1. The van der Waals surface area contributed by atoms with Crippen molar-refractivity contribution >= 4 is 29.3 Å². The van der Waals surface area contributed by atoms with E-state index in [1.165, 1.54) is 12.4 Å². The fourth-order valence-corrected chi connectivity index (χ4v) is 1.37. The molecule has 2 N–H and O–H groups in total. The molecule has 0 atom stereocenters. The highest BCUT2D eigenvalue weighted by atomic mass is 35.5. The molecule has 0 unspecified atom stereocenters. The van der Waals surface area contributed by atoms with E-state index in [-0.39, 0.29) is 5.28 Å². The fraction of sp³-hybridized carbons (Fsp3) is 0. The van der Waals surface area contributed by atoms with Gasteiger partial charge in [0, 0.05) is 18.1 Å². The van der Waals surface area contributed by atoms with E-state index in [0.29, 0.717) is 11.4 Å². The quantitative estimate of drug-likeness (QED) is 0.632. The number of nitrogens with one attached hydrogen (secondary N) is 2. The van der Waals surface area contributed by atoms with E-state index in [2.05, 4.69) is 15.3 Å². The largest absolute Gasteiger partial charge is 0.340 e. The maximum Gasteiger partial charge on any atom is 0.224 e. The van der Waals surface area contributed by atoms with Crippen molar-refractivity contribution in [3.05, 3.63) is 47.4 Å². The molecule has 0 saturated carbocycles. The van der Waals surface area contributed by atoms with Crippen molar-refractivity contribution in [1.29, 1.82) is 5.41 Å². The Bertz CT molecular complexity index is 499. The number of nitrogens with zero attached hydrogens (tertiary/aromatic N) is 2. The molecular weight excluding hydrogens is 224 g/mol. The van der Waals surface area contributed by atoms with E-state index in [4.69, 9.17) is 17.0 Å². The molecule has 0 aliphatic heterocycles. The van der Waals surface area contributed by atoms with Gasteiger partial charge in [0.2, 0.25) is 5.28 Å². The molecule has 0 saturated heterocycles. The highest BCUT2D eigenvalue weighted by molar-refractivity contribution is 6.28. The second kappa shape index (κ2) is 4.72. The van der Waals surface area contributed by atoms with E-state index < -0.39 is 0 Å². The van der Waals surface area contributed by atoms with Crippen LogP contribution in [0.4, 0.5) is 11.5 Å². The summed E-state index contributed by atoms with van der Waals surface area (Å²) < 4.78 is 0. The van der Waals surface area contributed by atoms with Crippen molar-refractivity contribution in [3.63, 3.8) is 0 Å². The standard InChI is InChI=1S/C11H9ClN4/c12-11-14-7-8(6-13)10(16-11)15-9-4-2-1-3-5-9/h1-7,13H,(H,14,15,16). The summed E-state index contributed by atoms with van der Waals surface area (Å²) in [5, 5.41) is 10.5. The van der Waals surface area contributed by atoms with Gasteiger partial charge in [-0.05, 0) is 23.7 Å². The third-order valence-electron chi connectivity index (χ3n) is 1.98. The van der Waals surface area contributed by atoms with Gasteiger partial charge in [-0.3, -0.25) is 0 Å². The lowest BCUT2D eigenvalue weighted by molar-refractivity contribution is 1.16. The van der Waals surface area contributed by atoms with Crippen molar-refractivity contribution < 1.29 is 0 Å². The van der Waals surface area contributed by atoms with Crippen molar-refractivity contribution in [3.8, 4) is 0 Å². The molecular formula is C11H9ClN4. The number of anilines is 2. The highest BCUT2D eigenvalue weighted by Crippen LogP contribution is 2.17. The van der Waals surface area contributed by atoms with Gasteiger partial charge in [0.1, 0.15) is 5.82 Å². The van der Waals surface area contributed by atoms with Crippen LogP contribution in [0, 0.1) is 5.41 Å². The van der Waals surface area contributed by atoms with Crippen molar-refractivity contribution in [2.24, 2.45) is 0 Å². The first-order valence-electron chi connectivity index (χ1n) is 4.64. The minimum Gasteiger partial charge on any atom is -0.340 e. The third kappa shape index (κ3) is 2.35. The monoisotopic (exact) mass is 232 g/mol. The maximum atomic E-state index is 7.23. The lowest BCUT2D eigenvalue weighted by Gasteiger charge is -2.07. The third-order valence-corrected chi connectivity index (χ3v) is 2.16. The van der Waals surface area contributed by atoms with Crippen molar-refractivity contribution in [2.75, 3.05) is 5.32 Å². The lowest BCUT2D eigenvalue weighted by atomic mass is 10.3. The molecule has 0 bridgehead atoms. The molecule has 0 spiro atoms. The predicted molar refractivity (Wildman–Crippen MR) is 64.7 cm³/mol. The van der Waals surface area contributed by atoms with Crippen LogP contribution in [0.15, 0.2) is 36.5 Å². The first-order valence-corrected chi connectivity index (χ1v) is 5.02. The van der Waals surface area contributed by atoms with Gasteiger partial charge in [-0.15, -0.1) is 0 Å². The molecule has 2 aromatic rings. The van der Waals surface area contributed by atoms with Gasteiger partial charge in [-0.2, -0.15) is 4.98 Å². The maximum absolute atomic E-state index is 7.23. The summed E-state index contributed by atoms with van der Waals surface area (Å²) in [5.74, 6) is 0.529. The number of aromatic nitrogens is 2. The summed E-state index contributed by atoms with van der Waals surface area (Å²) in [4.78, 5) is 7.85. The number of hydrogen-bond acceptors (Lipinski definition) is 4. The van der Waals surface area contributed by atoms with E-state index >= 15 is 0 Å². The van der Waals surface area contributed by atoms with Crippen LogP contribution in [0.5, 0.6) is 0 Å². The molecule has 16 heavy (non-hydrogen) atoms. The molecule has 1 aromatic carbocycles. The van der Waals surface area contributed by atoms with Gasteiger partial charge in [-0.1, -0.05) is 18.2 Å². The van der Waals surface area contributed by atoms with Gasteiger partial charge < -0.3 is 10.7 Å². The molecule has 0 aliphatic rings. The molecule has 2 rings (SSSR count).